The highest BCUT2D eigenvalue weighted by atomic mass is 32.2. The minimum absolute atomic E-state index is 0.0798. The van der Waals surface area contributed by atoms with E-state index in [9.17, 15) is 9.59 Å². The zero-order valence-corrected chi connectivity index (χ0v) is 17.6. The summed E-state index contributed by atoms with van der Waals surface area (Å²) in [6.07, 6.45) is 1.02. The molecular formula is C22H25N3O3S. The molecule has 1 heterocycles. The number of carbonyl (C=O) groups is 2. The van der Waals surface area contributed by atoms with Gasteiger partial charge in [0.25, 0.3) is 0 Å². The van der Waals surface area contributed by atoms with E-state index in [2.05, 4.69) is 21.7 Å². The van der Waals surface area contributed by atoms with Crippen molar-refractivity contribution in [2.75, 3.05) is 11.9 Å². The van der Waals surface area contributed by atoms with Crippen molar-refractivity contribution in [2.45, 2.75) is 38.9 Å². The lowest BCUT2D eigenvalue weighted by atomic mass is 10.1. The first kappa shape index (κ1) is 20.9. The van der Waals surface area contributed by atoms with Crippen LogP contribution in [0.3, 0.4) is 0 Å². The van der Waals surface area contributed by atoms with Crippen LogP contribution in [0.1, 0.15) is 30.9 Å². The molecule has 0 aliphatic carbocycles. The van der Waals surface area contributed by atoms with Crippen molar-refractivity contribution in [2.24, 2.45) is 4.99 Å². The normalized spacial score (nSPS) is 17.3. The first-order chi connectivity index (χ1) is 13.9. The molecule has 2 N–H and O–H groups in total. The van der Waals surface area contributed by atoms with Gasteiger partial charge in [-0.1, -0.05) is 24.8 Å². The molecule has 152 valence electrons. The van der Waals surface area contributed by atoms with Gasteiger partial charge in [-0.25, -0.2) is 4.99 Å². The van der Waals surface area contributed by atoms with Gasteiger partial charge in [0.1, 0.15) is 11.0 Å². The van der Waals surface area contributed by atoms with E-state index in [1.165, 1.54) is 11.8 Å². The number of aryl methyl sites for hydroxylation is 2. The maximum absolute atomic E-state index is 12.3. The minimum Gasteiger partial charge on any atom is -0.494 e. The molecule has 2 amide bonds. The topological polar surface area (TPSA) is 79.8 Å². The highest BCUT2D eigenvalue weighted by Crippen LogP contribution is 2.26. The lowest BCUT2D eigenvalue weighted by Gasteiger charge is -2.09. The number of benzene rings is 2. The molecule has 7 heteroatoms. The molecule has 2 aromatic carbocycles. The summed E-state index contributed by atoms with van der Waals surface area (Å²) in [5, 5.41) is 5.62. The summed E-state index contributed by atoms with van der Waals surface area (Å²) in [4.78, 5) is 29.1. The lowest BCUT2D eigenvalue weighted by molar-refractivity contribution is -0.122. The quantitative estimate of drug-likeness (QED) is 0.710. The highest BCUT2D eigenvalue weighted by Gasteiger charge is 2.32. The monoisotopic (exact) mass is 411 g/mol. The van der Waals surface area contributed by atoms with Crippen LogP contribution in [-0.2, 0) is 9.59 Å². The van der Waals surface area contributed by atoms with E-state index >= 15 is 0 Å². The maximum atomic E-state index is 12.3. The van der Waals surface area contributed by atoms with E-state index in [1.807, 2.05) is 45.0 Å². The van der Waals surface area contributed by atoms with Gasteiger partial charge in [0.2, 0.25) is 11.8 Å². The summed E-state index contributed by atoms with van der Waals surface area (Å²) in [7, 11) is 0. The van der Waals surface area contributed by atoms with Crippen LogP contribution in [0.2, 0.25) is 0 Å². The van der Waals surface area contributed by atoms with E-state index in [0.717, 1.165) is 29.0 Å². The van der Waals surface area contributed by atoms with Gasteiger partial charge in [-0.05, 0) is 67.8 Å². The Hall–Kier alpha value is -2.80. The standard InChI is InChI=1S/C22H25N3O3S/c1-4-9-28-18-7-5-16(6-8-18)23-20(26)13-19-21(27)25-22(29-19)24-17-11-14(2)10-15(3)12-17/h5-8,10-12,19H,4,9,13H2,1-3H3,(H,23,26)(H,24,25,27)/t19-/m1/s1. The molecule has 0 bridgehead atoms. The molecule has 0 radical (unpaired) electrons. The van der Waals surface area contributed by atoms with Crippen molar-refractivity contribution >= 4 is 40.1 Å². The molecule has 2 aromatic rings. The predicted octanol–water partition coefficient (Wildman–Crippen LogP) is 4.34. The van der Waals surface area contributed by atoms with E-state index < -0.39 is 5.25 Å². The van der Waals surface area contributed by atoms with Gasteiger partial charge in [-0.2, -0.15) is 0 Å². The van der Waals surface area contributed by atoms with Gasteiger partial charge in [-0.15, -0.1) is 0 Å². The summed E-state index contributed by atoms with van der Waals surface area (Å²) < 4.78 is 5.53. The van der Waals surface area contributed by atoms with Crippen LogP contribution in [0.25, 0.3) is 0 Å². The van der Waals surface area contributed by atoms with Crippen LogP contribution < -0.4 is 15.4 Å². The smallest absolute Gasteiger partial charge is 0.240 e. The van der Waals surface area contributed by atoms with Gasteiger partial charge in [-0.3, -0.25) is 9.59 Å². The summed E-state index contributed by atoms with van der Waals surface area (Å²) >= 11 is 1.28. The van der Waals surface area contributed by atoms with Crippen LogP contribution in [0.15, 0.2) is 47.5 Å². The van der Waals surface area contributed by atoms with Crippen LogP contribution >= 0.6 is 11.8 Å². The summed E-state index contributed by atoms with van der Waals surface area (Å²) in [6, 6.07) is 13.2. The van der Waals surface area contributed by atoms with Crippen molar-refractivity contribution in [1.82, 2.24) is 5.32 Å². The molecule has 1 saturated heterocycles. The number of nitrogens with one attached hydrogen (secondary N) is 2. The first-order valence-corrected chi connectivity index (χ1v) is 10.5. The third-order valence-electron chi connectivity index (χ3n) is 4.20. The molecule has 0 saturated carbocycles. The summed E-state index contributed by atoms with van der Waals surface area (Å²) in [5.74, 6) is 0.354. The Bertz CT molecular complexity index is 905. The Labute approximate surface area is 175 Å². The van der Waals surface area contributed by atoms with Crippen LogP contribution in [0.4, 0.5) is 11.4 Å². The number of carbonyl (C=O) groups excluding carboxylic acids is 2. The third kappa shape index (κ3) is 6.09. The molecule has 0 spiro atoms. The van der Waals surface area contributed by atoms with Gasteiger partial charge < -0.3 is 15.4 Å². The van der Waals surface area contributed by atoms with Gasteiger partial charge in [0.15, 0.2) is 5.17 Å². The second-order valence-corrected chi connectivity index (χ2v) is 8.18. The predicted molar refractivity (Wildman–Crippen MR) is 118 cm³/mol. The average molecular weight is 412 g/mol. The van der Waals surface area contributed by atoms with Crippen molar-refractivity contribution in [3.8, 4) is 5.75 Å². The van der Waals surface area contributed by atoms with E-state index in [1.54, 1.807) is 12.1 Å². The number of aliphatic imine (C=N–C) groups is 1. The Morgan fingerprint density at radius 3 is 2.52 bits per heavy atom. The fraction of sp³-hybridized carbons (Fsp3) is 0.318. The number of amides is 2. The SMILES string of the molecule is CCCOc1ccc(NC(=O)C[C@H]2SC(=Nc3cc(C)cc(C)c3)NC2=O)cc1. The van der Waals surface area contributed by atoms with Crippen molar-refractivity contribution < 1.29 is 14.3 Å². The number of nitrogens with zero attached hydrogens (tertiary/aromatic N) is 1. The summed E-state index contributed by atoms with van der Waals surface area (Å²) in [6.45, 7) is 6.72. The third-order valence-corrected chi connectivity index (χ3v) is 5.28. The Kier molecular flexibility index (Phi) is 6.93. The zero-order valence-electron chi connectivity index (χ0n) is 16.8. The molecule has 1 aliphatic rings. The minimum atomic E-state index is -0.494. The number of amidine groups is 1. The maximum Gasteiger partial charge on any atom is 0.240 e. The van der Waals surface area contributed by atoms with Gasteiger partial charge in [0.05, 0.1) is 12.3 Å². The van der Waals surface area contributed by atoms with Crippen molar-refractivity contribution in [3.05, 3.63) is 53.6 Å². The Morgan fingerprint density at radius 1 is 1.17 bits per heavy atom. The average Bonchev–Trinajstić information content (AvgIpc) is 2.99. The molecule has 0 unspecified atom stereocenters. The molecule has 1 aliphatic heterocycles. The Morgan fingerprint density at radius 2 is 1.86 bits per heavy atom. The van der Waals surface area contributed by atoms with Crippen molar-refractivity contribution in [1.29, 1.82) is 0 Å². The number of rotatable bonds is 7. The molecule has 1 atom stereocenters. The molecule has 3 rings (SSSR count). The number of anilines is 1. The second-order valence-electron chi connectivity index (χ2n) is 6.98. The number of hydrogen-bond donors (Lipinski definition) is 2. The van der Waals surface area contributed by atoms with E-state index in [-0.39, 0.29) is 18.2 Å². The number of thioether (sulfide) groups is 1. The van der Waals surface area contributed by atoms with Gasteiger partial charge >= 0.3 is 0 Å². The van der Waals surface area contributed by atoms with Gasteiger partial charge in [0, 0.05) is 12.1 Å². The fourth-order valence-corrected chi connectivity index (χ4v) is 3.95. The molecule has 6 nitrogen and oxygen atoms in total. The molecule has 0 aromatic heterocycles. The fourth-order valence-electron chi connectivity index (χ4n) is 2.96. The zero-order chi connectivity index (χ0) is 20.8. The number of hydrogen-bond acceptors (Lipinski definition) is 5. The highest BCUT2D eigenvalue weighted by molar-refractivity contribution is 8.15. The van der Waals surface area contributed by atoms with Crippen molar-refractivity contribution in [3.63, 3.8) is 0 Å². The van der Waals surface area contributed by atoms with E-state index in [4.69, 9.17) is 4.74 Å². The molecular weight excluding hydrogens is 386 g/mol. The van der Waals surface area contributed by atoms with Crippen LogP contribution in [-0.4, -0.2) is 28.8 Å². The molecule has 29 heavy (non-hydrogen) atoms. The lowest BCUT2D eigenvalue weighted by Crippen LogP contribution is -2.28. The Balaban J connectivity index is 1.56. The first-order valence-electron chi connectivity index (χ1n) is 9.60. The van der Waals surface area contributed by atoms with Crippen LogP contribution in [0.5, 0.6) is 5.75 Å². The second kappa shape index (κ2) is 9.60. The summed E-state index contributed by atoms with van der Waals surface area (Å²) in [5.41, 5.74) is 3.69. The van der Waals surface area contributed by atoms with E-state index in [0.29, 0.717) is 17.5 Å². The van der Waals surface area contributed by atoms with Crippen LogP contribution in [0, 0.1) is 13.8 Å². The molecule has 1 fully saturated rings. The largest absolute Gasteiger partial charge is 0.494 e. The number of ether oxygens (including phenoxy) is 1.